The van der Waals surface area contributed by atoms with E-state index in [9.17, 15) is 0 Å². The van der Waals surface area contributed by atoms with Crippen molar-refractivity contribution in [2.45, 2.75) is 33.1 Å². The highest BCUT2D eigenvalue weighted by Crippen LogP contribution is 2.38. The SMILES string of the molecule is C=C(C)C1CCC(C(=C)C)C(=C)C1. The topological polar surface area (TPSA) is 0 Å². The van der Waals surface area contributed by atoms with Gasteiger partial charge in [-0.1, -0.05) is 36.5 Å². The quantitative estimate of drug-likeness (QED) is 0.555. The van der Waals surface area contributed by atoms with Crippen molar-refractivity contribution in [3.05, 3.63) is 36.5 Å². The second-order valence-electron chi connectivity index (χ2n) is 4.38. The van der Waals surface area contributed by atoms with E-state index in [1.54, 1.807) is 0 Å². The summed E-state index contributed by atoms with van der Waals surface area (Å²) in [6, 6.07) is 0. The van der Waals surface area contributed by atoms with E-state index < -0.39 is 0 Å². The van der Waals surface area contributed by atoms with Crippen molar-refractivity contribution >= 4 is 0 Å². The van der Waals surface area contributed by atoms with Gasteiger partial charge in [0.05, 0.1) is 0 Å². The van der Waals surface area contributed by atoms with Gasteiger partial charge in [-0.15, -0.1) is 0 Å². The standard InChI is InChI=1S/C13H20/c1-9(2)12-6-7-13(10(3)4)11(5)8-12/h12-13H,1,3,5-8H2,2,4H3. The van der Waals surface area contributed by atoms with Gasteiger partial charge in [0, 0.05) is 0 Å². The molecule has 1 fully saturated rings. The Hall–Kier alpha value is -0.780. The van der Waals surface area contributed by atoms with Crippen molar-refractivity contribution in [3.8, 4) is 0 Å². The summed E-state index contributed by atoms with van der Waals surface area (Å²) >= 11 is 0. The van der Waals surface area contributed by atoms with Crippen LogP contribution in [0.3, 0.4) is 0 Å². The maximum atomic E-state index is 4.15. The van der Waals surface area contributed by atoms with Crippen LogP contribution < -0.4 is 0 Å². The lowest BCUT2D eigenvalue weighted by Crippen LogP contribution is -2.17. The first-order chi connectivity index (χ1) is 6.02. The monoisotopic (exact) mass is 176 g/mol. The molecule has 1 rings (SSSR count). The Morgan fingerprint density at radius 1 is 1.15 bits per heavy atom. The van der Waals surface area contributed by atoms with Crippen LogP contribution in [0.1, 0.15) is 33.1 Å². The zero-order valence-corrected chi connectivity index (χ0v) is 8.90. The second kappa shape index (κ2) is 3.95. The lowest BCUT2D eigenvalue weighted by atomic mass is 9.74. The fourth-order valence-corrected chi connectivity index (χ4v) is 2.15. The van der Waals surface area contributed by atoms with Gasteiger partial charge in [-0.3, -0.25) is 0 Å². The highest BCUT2D eigenvalue weighted by atomic mass is 14.3. The van der Waals surface area contributed by atoms with Crippen molar-refractivity contribution < 1.29 is 0 Å². The van der Waals surface area contributed by atoms with Gasteiger partial charge in [0.1, 0.15) is 0 Å². The second-order valence-corrected chi connectivity index (χ2v) is 4.38. The van der Waals surface area contributed by atoms with Crippen LogP contribution in [0, 0.1) is 11.8 Å². The molecule has 0 aromatic carbocycles. The van der Waals surface area contributed by atoms with Gasteiger partial charge in [-0.05, 0) is 44.9 Å². The van der Waals surface area contributed by atoms with Crippen LogP contribution in [-0.4, -0.2) is 0 Å². The van der Waals surface area contributed by atoms with E-state index in [1.165, 1.54) is 29.6 Å². The van der Waals surface area contributed by atoms with Gasteiger partial charge in [0.25, 0.3) is 0 Å². The summed E-state index contributed by atoms with van der Waals surface area (Å²) < 4.78 is 0. The van der Waals surface area contributed by atoms with Gasteiger partial charge in [0.15, 0.2) is 0 Å². The number of hydrogen-bond acceptors (Lipinski definition) is 0. The molecule has 0 heteroatoms. The van der Waals surface area contributed by atoms with E-state index in [2.05, 4.69) is 33.6 Å². The molecule has 1 aliphatic rings. The van der Waals surface area contributed by atoms with Gasteiger partial charge in [0.2, 0.25) is 0 Å². The molecule has 0 amide bonds. The first kappa shape index (κ1) is 10.3. The van der Waals surface area contributed by atoms with Crippen LogP contribution in [0.5, 0.6) is 0 Å². The first-order valence-electron chi connectivity index (χ1n) is 5.00. The third-order valence-electron chi connectivity index (χ3n) is 3.10. The number of hydrogen-bond donors (Lipinski definition) is 0. The van der Waals surface area contributed by atoms with Crippen LogP contribution in [0.15, 0.2) is 36.5 Å². The third kappa shape index (κ3) is 2.33. The van der Waals surface area contributed by atoms with Crippen molar-refractivity contribution in [2.75, 3.05) is 0 Å². The minimum atomic E-state index is 0.565. The van der Waals surface area contributed by atoms with Crippen molar-refractivity contribution in [3.63, 3.8) is 0 Å². The normalized spacial score (nSPS) is 28.6. The Morgan fingerprint density at radius 3 is 2.15 bits per heavy atom. The summed E-state index contributed by atoms with van der Waals surface area (Å²) in [6.45, 7) is 16.4. The fraction of sp³-hybridized carbons (Fsp3) is 0.538. The summed E-state index contributed by atoms with van der Waals surface area (Å²) in [7, 11) is 0. The predicted octanol–water partition coefficient (Wildman–Crippen LogP) is 4.11. The van der Waals surface area contributed by atoms with Crippen molar-refractivity contribution in [1.82, 2.24) is 0 Å². The average molecular weight is 176 g/mol. The molecule has 0 aromatic heterocycles. The highest BCUT2D eigenvalue weighted by Gasteiger charge is 2.24. The predicted molar refractivity (Wildman–Crippen MR) is 59.6 cm³/mol. The molecule has 2 unspecified atom stereocenters. The van der Waals surface area contributed by atoms with E-state index in [0.29, 0.717) is 11.8 Å². The first-order valence-corrected chi connectivity index (χ1v) is 5.00. The molecule has 0 aromatic rings. The van der Waals surface area contributed by atoms with E-state index in [-0.39, 0.29) is 0 Å². The Morgan fingerprint density at radius 2 is 1.77 bits per heavy atom. The molecule has 2 atom stereocenters. The lowest BCUT2D eigenvalue weighted by Gasteiger charge is -2.31. The lowest BCUT2D eigenvalue weighted by molar-refractivity contribution is 0.416. The zero-order valence-electron chi connectivity index (χ0n) is 8.90. The molecular weight excluding hydrogens is 156 g/mol. The third-order valence-corrected chi connectivity index (χ3v) is 3.10. The van der Waals surface area contributed by atoms with E-state index in [0.717, 1.165) is 6.42 Å². The molecule has 1 aliphatic carbocycles. The minimum Gasteiger partial charge on any atom is -0.0998 e. The summed E-state index contributed by atoms with van der Waals surface area (Å²) in [6.07, 6.45) is 3.59. The molecule has 0 N–H and O–H groups in total. The molecule has 0 nitrogen and oxygen atoms in total. The summed E-state index contributed by atoms with van der Waals surface area (Å²) in [5, 5.41) is 0. The molecule has 72 valence electrons. The van der Waals surface area contributed by atoms with Crippen LogP contribution >= 0.6 is 0 Å². The summed E-state index contributed by atoms with van der Waals surface area (Å²) in [5.74, 6) is 1.23. The summed E-state index contributed by atoms with van der Waals surface area (Å²) in [5.41, 5.74) is 3.93. The van der Waals surface area contributed by atoms with E-state index >= 15 is 0 Å². The zero-order chi connectivity index (χ0) is 10.0. The van der Waals surface area contributed by atoms with Crippen LogP contribution in [-0.2, 0) is 0 Å². The number of rotatable bonds is 2. The van der Waals surface area contributed by atoms with Crippen LogP contribution in [0.2, 0.25) is 0 Å². The molecule has 0 spiro atoms. The molecular formula is C13H20. The molecule has 0 heterocycles. The van der Waals surface area contributed by atoms with Crippen molar-refractivity contribution in [2.24, 2.45) is 11.8 Å². The Labute approximate surface area is 82.0 Å². The minimum absolute atomic E-state index is 0.565. The largest absolute Gasteiger partial charge is 0.0998 e. The fourth-order valence-electron chi connectivity index (χ4n) is 2.15. The molecule has 0 bridgehead atoms. The summed E-state index contributed by atoms with van der Waals surface area (Å²) in [4.78, 5) is 0. The van der Waals surface area contributed by atoms with Gasteiger partial charge in [-0.25, -0.2) is 0 Å². The van der Waals surface area contributed by atoms with Gasteiger partial charge >= 0.3 is 0 Å². The molecule has 0 radical (unpaired) electrons. The molecule has 0 aliphatic heterocycles. The van der Waals surface area contributed by atoms with E-state index in [1.807, 2.05) is 0 Å². The van der Waals surface area contributed by atoms with Crippen LogP contribution in [0.4, 0.5) is 0 Å². The maximum Gasteiger partial charge on any atom is -0.0000788 e. The molecule has 1 saturated carbocycles. The molecule has 13 heavy (non-hydrogen) atoms. The van der Waals surface area contributed by atoms with Gasteiger partial charge < -0.3 is 0 Å². The van der Waals surface area contributed by atoms with Crippen LogP contribution in [0.25, 0.3) is 0 Å². The van der Waals surface area contributed by atoms with Crippen molar-refractivity contribution in [1.29, 1.82) is 0 Å². The average Bonchev–Trinajstić information content (AvgIpc) is 2.03. The Bertz CT molecular complexity index is 245. The van der Waals surface area contributed by atoms with E-state index in [4.69, 9.17) is 0 Å². The maximum absolute atomic E-state index is 4.15. The van der Waals surface area contributed by atoms with Gasteiger partial charge in [-0.2, -0.15) is 0 Å². The Balaban J connectivity index is 2.62. The molecule has 0 saturated heterocycles. The Kier molecular flexibility index (Phi) is 3.13. The smallest absolute Gasteiger partial charge is 0.0000788 e. The highest BCUT2D eigenvalue weighted by molar-refractivity contribution is 5.20. The number of allylic oxidation sites excluding steroid dienone is 3.